The van der Waals surface area contributed by atoms with Crippen LogP contribution in [0, 0.1) is 0 Å². The number of hydrogen-bond acceptors (Lipinski definition) is 3. The Morgan fingerprint density at radius 1 is 1.23 bits per heavy atom. The highest BCUT2D eigenvalue weighted by atomic mass is 19.3. The van der Waals surface area contributed by atoms with Gasteiger partial charge in [0.1, 0.15) is 5.75 Å². The molecule has 0 fully saturated rings. The number of likely N-dealkylation sites (N-methyl/N-ethyl adjacent to an activating group) is 2. The van der Waals surface area contributed by atoms with Crippen LogP contribution in [0.4, 0.5) is 14.5 Å². The molecule has 2 N–H and O–H groups in total. The van der Waals surface area contributed by atoms with Gasteiger partial charge >= 0.3 is 6.61 Å². The van der Waals surface area contributed by atoms with Crippen molar-refractivity contribution in [2.45, 2.75) is 6.61 Å². The summed E-state index contributed by atoms with van der Waals surface area (Å²) >= 11 is 0. The summed E-state index contributed by atoms with van der Waals surface area (Å²) in [6.07, 6.45) is 0. The molecule has 122 valence electrons. The lowest BCUT2D eigenvalue weighted by atomic mass is 10.3. The molecule has 0 aromatic heterocycles. The zero-order valence-electron chi connectivity index (χ0n) is 12.7. The van der Waals surface area contributed by atoms with Crippen molar-refractivity contribution < 1.29 is 28.0 Å². The van der Waals surface area contributed by atoms with Crippen molar-refractivity contribution in [3.05, 3.63) is 24.3 Å². The molecule has 1 atom stereocenters. The molecular formula is C14H20F2N3O3+. The maximum absolute atomic E-state index is 12.0. The summed E-state index contributed by atoms with van der Waals surface area (Å²) in [5.74, 6) is -0.322. The van der Waals surface area contributed by atoms with Crippen LogP contribution in [-0.4, -0.2) is 57.6 Å². The van der Waals surface area contributed by atoms with Gasteiger partial charge in [0.05, 0.1) is 7.05 Å². The summed E-state index contributed by atoms with van der Waals surface area (Å²) in [6.45, 7) is -2.55. The van der Waals surface area contributed by atoms with Gasteiger partial charge in [-0.05, 0) is 24.3 Å². The van der Waals surface area contributed by atoms with Crippen LogP contribution in [0.25, 0.3) is 0 Å². The van der Waals surface area contributed by atoms with Crippen molar-refractivity contribution in [3.8, 4) is 5.75 Å². The minimum absolute atomic E-state index is 0.0207. The molecule has 0 heterocycles. The number of quaternary nitrogens is 1. The van der Waals surface area contributed by atoms with Gasteiger partial charge in [0, 0.05) is 19.8 Å². The van der Waals surface area contributed by atoms with Crippen molar-refractivity contribution in [2.75, 3.05) is 39.5 Å². The zero-order valence-corrected chi connectivity index (χ0v) is 12.7. The predicted molar refractivity (Wildman–Crippen MR) is 77.0 cm³/mol. The summed E-state index contributed by atoms with van der Waals surface area (Å²) in [6, 6.07) is 5.62. The van der Waals surface area contributed by atoms with E-state index in [4.69, 9.17) is 0 Å². The van der Waals surface area contributed by atoms with Crippen molar-refractivity contribution in [1.29, 1.82) is 0 Å². The molecule has 0 saturated carbocycles. The molecule has 0 spiro atoms. The number of anilines is 1. The number of rotatable bonds is 7. The summed E-state index contributed by atoms with van der Waals surface area (Å²) < 4.78 is 28.2. The maximum Gasteiger partial charge on any atom is 0.387 e. The first kappa shape index (κ1) is 17.8. The largest absolute Gasteiger partial charge is 0.435 e. The van der Waals surface area contributed by atoms with Gasteiger partial charge in [0.2, 0.25) is 0 Å². The molecule has 1 rings (SSSR count). The lowest BCUT2D eigenvalue weighted by Gasteiger charge is -2.16. The van der Waals surface area contributed by atoms with E-state index < -0.39 is 6.61 Å². The second kappa shape index (κ2) is 8.28. The highest BCUT2D eigenvalue weighted by Gasteiger charge is 2.15. The zero-order chi connectivity index (χ0) is 16.7. The molecule has 0 bridgehead atoms. The fourth-order valence-electron chi connectivity index (χ4n) is 1.68. The molecule has 1 unspecified atom stereocenters. The smallest absolute Gasteiger partial charge is 0.387 e. The second-order valence-corrected chi connectivity index (χ2v) is 5.05. The van der Waals surface area contributed by atoms with E-state index in [1.165, 1.54) is 29.2 Å². The van der Waals surface area contributed by atoms with Gasteiger partial charge in [-0.15, -0.1) is 0 Å². The number of nitrogens with one attached hydrogen (secondary N) is 2. The fraction of sp³-hybridized carbons (Fsp3) is 0.429. The molecule has 0 aliphatic heterocycles. The number of alkyl halides is 2. The Morgan fingerprint density at radius 2 is 1.82 bits per heavy atom. The van der Waals surface area contributed by atoms with E-state index in [0.717, 1.165) is 4.90 Å². The molecule has 0 saturated heterocycles. The Bertz CT molecular complexity index is 507. The van der Waals surface area contributed by atoms with Gasteiger partial charge in [0.15, 0.2) is 13.1 Å². The number of ether oxygens (including phenoxy) is 1. The van der Waals surface area contributed by atoms with Crippen LogP contribution in [0.5, 0.6) is 5.75 Å². The Morgan fingerprint density at radius 3 is 2.32 bits per heavy atom. The van der Waals surface area contributed by atoms with Crippen LogP contribution in [0.3, 0.4) is 0 Å². The first-order valence-corrected chi connectivity index (χ1v) is 6.64. The van der Waals surface area contributed by atoms with E-state index in [1.807, 2.05) is 0 Å². The van der Waals surface area contributed by atoms with Gasteiger partial charge in [0.25, 0.3) is 11.8 Å². The van der Waals surface area contributed by atoms with Crippen LogP contribution in [0.15, 0.2) is 24.3 Å². The van der Waals surface area contributed by atoms with Gasteiger partial charge in [-0.2, -0.15) is 8.78 Å². The lowest BCUT2D eigenvalue weighted by molar-refractivity contribution is -0.862. The number of nitrogens with zero attached hydrogens (tertiary/aromatic N) is 1. The fourth-order valence-corrected chi connectivity index (χ4v) is 1.68. The number of amides is 2. The summed E-state index contributed by atoms with van der Waals surface area (Å²) in [4.78, 5) is 25.6. The predicted octanol–water partition coefficient (Wildman–Crippen LogP) is -0.171. The Balaban J connectivity index is 2.46. The summed E-state index contributed by atoms with van der Waals surface area (Å²) in [5, 5.41) is 2.63. The highest BCUT2D eigenvalue weighted by Crippen LogP contribution is 2.17. The molecule has 0 radical (unpaired) electrons. The van der Waals surface area contributed by atoms with E-state index >= 15 is 0 Å². The third-order valence-electron chi connectivity index (χ3n) is 2.78. The van der Waals surface area contributed by atoms with Crippen LogP contribution in [0.2, 0.25) is 0 Å². The highest BCUT2D eigenvalue weighted by molar-refractivity contribution is 5.91. The van der Waals surface area contributed by atoms with Crippen LogP contribution in [-0.2, 0) is 9.59 Å². The number of halogens is 2. The van der Waals surface area contributed by atoms with Crippen LogP contribution < -0.4 is 15.0 Å². The van der Waals surface area contributed by atoms with E-state index in [1.54, 1.807) is 21.1 Å². The topological polar surface area (TPSA) is 63.1 Å². The van der Waals surface area contributed by atoms with Crippen molar-refractivity contribution >= 4 is 17.5 Å². The molecule has 22 heavy (non-hydrogen) atoms. The minimum atomic E-state index is -2.88. The Kier molecular flexibility index (Phi) is 6.71. The number of hydrogen-bond donors (Lipinski definition) is 2. The Labute approximate surface area is 127 Å². The molecule has 0 aliphatic carbocycles. The maximum atomic E-state index is 12.0. The first-order chi connectivity index (χ1) is 10.3. The van der Waals surface area contributed by atoms with Crippen LogP contribution >= 0.6 is 0 Å². The Hall–Kier alpha value is -2.22. The molecule has 6 nitrogen and oxygen atoms in total. The van der Waals surface area contributed by atoms with Gasteiger partial charge in [-0.25, -0.2) is 0 Å². The molecule has 8 heteroatoms. The monoisotopic (exact) mass is 316 g/mol. The van der Waals surface area contributed by atoms with E-state index in [-0.39, 0.29) is 30.7 Å². The first-order valence-electron chi connectivity index (χ1n) is 6.64. The van der Waals surface area contributed by atoms with Crippen molar-refractivity contribution in [3.63, 3.8) is 0 Å². The molecule has 2 amide bonds. The van der Waals surface area contributed by atoms with Gasteiger partial charge < -0.3 is 19.9 Å². The quantitative estimate of drug-likeness (QED) is 0.734. The van der Waals surface area contributed by atoms with E-state index in [2.05, 4.69) is 10.1 Å². The third kappa shape index (κ3) is 6.49. The van der Waals surface area contributed by atoms with E-state index in [9.17, 15) is 18.4 Å². The SMILES string of the molecule is CN(C)C(=O)C[NH+](C)CC(=O)Nc1ccc(OC(F)F)cc1. The van der Waals surface area contributed by atoms with Crippen molar-refractivity contribution in [1.82, 2.24) is 4.90 Å². The normalized spacial score (nSPS) is 11.9. The lowest BCUT2D eigenvalue weighted by Crippen LogP contribution is -3.11. The average molecular weight is 316 g/mol. The average Bonchev–Trinajstić information content (AvgIpc) is 2.39. The number of benzene rings is 1. The minimum Gasteiger partial charge on any atom is -0.435 e. The second-order valence-electron chi connectivity index (χ2n) is 5.05. The summed E-state index contributed by atoms with van der Waals surface area (Å²) in [7, 11) is 5.04. The van der Waals surface area contributed by atoms with Gasteiger partial charge in [-0.3, -0.25) is 9.59 Å². The molecule has 1 aromatic rings. The standard InChI is InChI=1S/C14H19F2N3O3/c1-18(2)13(21)9-19(3)8-12(20)17-10-4-6-11(7-5-10)22-14(15)16/h4-7,14H,8-9H2,1-3H3,(H,17,20)/p+1. The van der Waals surface area contributed by atoms with E-state index in [0.29, 0.717) is 5.69 Å². The van der Waals surface area contributed by atoms with Gasteiger partial charge in [-0.1, -0.05) is 0 Å². The molecular weight excluding hydrogens is 296 g/mol. The van der Waals surface area contributed by atoms with Crippen molar-refractivity contribution in [2.24, 2.45) is 0 Å². The summed E-state index contributed by atoms with van der Waals surface area (Å²) in [5.41, 5.74) is 0.471. The number of carbonyl (C=O) groups excluding carboxylic acids is 2. The van der Waals surface area contributed by atoms with Crippen LogP contribution in [0.1, 0.15) is 0 Å². The third-order valence-corrected chi connectivity index (χ3v) is 2.78. The number of carbonyl (C=O) groups is 2. The molecule has 1 aromatic carbocycles. The molecule has 0 aliphatic rings.